The molecule has 0 aromatic carbocycles. The number of nitrogens with zero attached hydrogens (tertiary/aromatic N) is 1. The van der Waals surface area contributed by atoms with Crippen LogP contribution < -0.4 is 9.95 Å². The minimum Gasteiger partial charge on any atom is -0.465 e. The van der Waals surface area contributed by atoms with E-state index in [2.05, 4.69) is 19.4 Å². The lowest BCUT2D eigenvalue weighted by molar-refractivity contribution is -0.142. The molecule has 0 saturated heterocycles. The van der Waals surface area contributed by atoms with Crippen LogP contribution in [0, 0.1) is 0 Å². The van der Waals surface area contributed by atoms with Gasteiger partial charge in [-0.1, -0.05) is 0 Å². The summed E-state index contributed by atoms with van der Waals surface area (Å²) in [6, 6.07) is 0. The third-order valence-electron chi connectivity index (χ3n) is 1.31. The molecule has 0 spiro atoms. The van der Waals surface area contributed by atoms with Crippen LogP contribution in [0.15, 0.2) is 4.74 Å². The number of nitrogens with one attached hydrogen (secondary N) is 2. The van der Waals surface area contributed by atoms with Crippen molar-refractivity contribution >= 4 is 29.3 Å². The van der Waals surface area contributed by atoms with Gasteiger partial charge < -0.3 is 9.47 Å². The fourth-order valence-electron chi connectivity index (χ4n) is 0.728. The van der Waals surface area contributed by atoms with E-state index in [-0.39, 0.29) is 33.9 Å². The number of ether oxygens (including phenoxy) is 2. The number of esters is 2. The van der Waals surface area contributed by atoms with Gasteiger partial charge in [-0.3, -0.25) is 14.7 Å². The van der Waals surface area contributed by atoms with E-state index in [1.807, 2.05) is 0 Å². The number of rotatable bonds is 9. The zero-order valence-electron chi connectivity index (χ0n) is 9.86. The molecule has 0 bridgehead atoms. The number of carbonyl (C=O) groups excluding carboxylic acids is 2. The normalized spacial score (nSPS) is 11.2. The first-order valence-electron chi connectivity index (χ1n) is 5.11. The minimum absolute atomic E-state index is 0.0325. The minimum atomic E-state index is -0.343. The van der Waals surface area contributed by atoms with Crippen molar-refractivity contribution in [1.82, 2.24) is 9.95 Å². The van der Waals surface area contributed by atoms with E-state index in [4.69, 9.17) is 4.74 Å². The molecule has 9 heteroatoms. The Labute approximate surface area is 104 Å². The van der Waals surface area contributed by atoms with Gasteiger partial charge in [0.2, 0.25) is 0 Å². The molecular weight excluding hydrogens is 264 g/mol. The maximum absolute atomic E-state index is 10.9. The van der Waals surface area contributed by atoms with Crippen molar-refractivity contribution in [3.63, 3.8) is 0 Å². The SMILES string of the molecule is CCOC(=O)CN=PNPNCC(=O)OCC. The molecule has 0 radical (unpaired) electrons. The highest BCUT2D eigenvalue weighted by atomic mass is 31.1. The molecule has 1 atom stereocenters. The molecule has 0 heterocycles. The molecule has 0 aromatic rings. The average Bonchev–Trinajstić information content (AvgIpc) is 2.28. The second-order valence-electron chi connectivity index (χ2n) is 2.60. The predicted octanol–water partition coefficient (Wildman–Crippen LogP) is 0.845. The van der Waals surface area contributed by atoms with Crippen LogP contribution in [0.4, 0.5) is 0 Å². The first-order valence-corrected chi connectivity index (χ1v) is 6.96. The summed E-state index contributed by atoms with van der Waals surface area (Å²) in [5.41, 5.74) is 0. The van der Waals surface area contributed by atoms with E-state index in [0.29, 0.717) is 21.7 Å². The predicted molar refractivity (Wildman–Crippen MR) is 66.9 cm³/mol. The smallest absolute Gasteiger partial charge is 0.328 e. The summed E-state index contributed by atoms with van der Waals surface area (Å²) in [6.07, 6.45) is 0. The highest BCUT2D eigenvalue weighted by molar-refractivity contribution is 7.46. The fraction of sp³-hybridized carbons (Fsp3) is 0.750. The summed E-state index contributed by atoms with van der Waals surface area (Å²) in [7, 11) is 0.750. The molecule has 0 rings (SSSR count). The van der Waals surface area contributed by atoms with Crippen molar-refractivity contribution in [3.05, 3.63) is 0 Å². The quantitative estimate of drug-likeness (QED) is 0.370. The molecule has 0 aliphatic carbocycles. The van der Waals surface area contributed by atoms with Crippen LogP contribution >= 0.6 is 17.4 Å². The molecule has 0 saturated carbocycles. The summed E-state index contributed by atoms with van der Waals surface area (Å²) >= 11 is 0. The van der Waals surface area contributed by atoms with Gasteiger partial charge in [0.15, 0.2) is 0 Å². The largest absolute Gasteiger partial charge is 0.465 e. The number of carbonyl (C=O) groups is 2. The van der Waals surface area contributed by atoms with Gasteiger partial charge in [-0.2, -0.15) is 0 Å². The lowest BCUT2D eigenvalue weighted by Gasteiger charge is -2.02. The lowest BCUT2D eigenvalue weighted by atomic mass is 10.7. The summed E-state index contributed by atoms with van der Waals surface area (Å²) < 4.78 is 13.3. The molecule has 2 N–H and O–H groups in total. The monoisotopic (exact) mass is 281 g/mol. The first-order chi connectivity index (χ1) is 8.20. The van der Waals surface area contributed by atoms with E-state index in [0.717, 1.165) is 0 Å². The second kappa shape index (κ2) is 11.9. The topological polar surface area (TPSA) is 89.0 Å². The van der Waals surface area contributed by atoms with Crippen LogP contribution in [0.25, 0.3) is 0 Å². The van der Waals surface area contributed by atoms with Gasteiger partial charge in [-0.05, 0) is 13.8 Å². The van der Waals surface area contributed by atoms with Gasteiger partial charge in [0.25, 0.3) is 0 Å². The van der Waals surface area contributed by atoms with E-state index >= 15 is 0 Å². The maximum atomic E-state index is 10.9. The molecule has 17 heavy (non-hydrogen) atoms. The molecule has 98 valence electrons. The summed E-state index contributed by atoms with van der Waals surface area (Å²) in [5.74, 6) is -0.633. The van der Waals surface area contributed by atoms with E-state index < -0.39 is 0 Å². The van der Waals surface area contributed by atoms with Crippen molar-refractivity contribution in [1.29, 1.82) is 0 Å². The third-order valence-corrected chi connectivity index (χ3v) is 2.79. The highest BCUT2D eigenvalue weighted by Crippen LogP contribution is 2.04. The van der Waals surface area contributed by atoms with Gasteiger partial charge in [-0.15, -0.1) is 0 Å². The van der Waals surface area contributed by atoms with Gasteiger partial charge >= 0.3 is 11.9 Å². The van der Waals surface area contributed by atoms with Gasteiger partial charge in [0, 0.05) is 8.88 Å². The van der Waals surface area contributed by atoms with Crippen molar-refractivity contribution in [2.24, 2.45) is 4.74 Å². The Morgan fingerprint density at radius 1 is 1.24 bits per heavy atom. The molecule has 0 aliphatic rings. The van der Waals surface area contributed by atoms with Crippen molar-refractivity contribution in [2.45, 2.75) is 13.8 Å². The van der Waals surface area contributed by atoms with Crippen LogP contribution in [0.3, 0.4) is 0 Å². The molecule has 1 unspecified atom stereocenters. The summed E-state index contributed by atoms with van der Waals surface area (Å²) in [5, 5.41) is 2.84. The Kier molecular flexibility index (Phi) is 11.4. The maximum Gasteiger partial charge on any atom is 0.328 e. The third kappa shape index (κ3) is 11.6. The van der Waals surface area contributed by atoms with E-state index in [1.54, 1.807) is 13.8 Å². The summed E-state index contributed by atoms with van der Waals surface area (Å²) in [6.45, 7) is 4.43. The summed E-state index contributed by atoms with van der Waals surface area (Å²) in [4.78, 5) is 24.7. The molecule has 0 fully saturated rings. The highest BCUT2D eigenvalue weighted by Gasteiger charge is 1.99. The molecular formula is C8H17N3O4P2. The van der Waals surface area contributed by atoms with Gasteiger partial charge in [0.05, 0.1) is 28.3 Å². The zero-order valence-corrected chi connectivity index (χ0v) is 11.8. The fourth-order valence-corrected chi connectivity index (χ4v) is 1.95. The van der Waals surface area contributed by atoms with Crippen molar-refractivity contribution in [2.75, 3.05) is 26.3 Å². The van der Waals surface area contributed by atoms with Gasteiger partial charge in [-0.25, -0.2) is 9.60 Å². The van der Waals surface area contributed by atoms with E-state index in [9.17, 15) is 9.59 Å². The average molecular weight is 281 g/mol. The Bertz CT molecular complexity index is 263. The Morgan fingerprint density at radius 3 is 2.53 bits per heavy atom. The standard InChI is InChI=1S/C8H17N3O4P2/c1-3-14-7(12)5-9-16-11-17-10-6-8(13)15-4-2/h9,16H,3-6H2,1-2H3,(H,10,11). The zero-order chi connectivity index (χ0) is 12.9. The van der Waals surface area contributed by atoms with Crippen molar-refractivity contribution < 1.29 is 19.1 Å². The van der Waals surface area contributed by atoms with Crippen LogP contribution in [0.1, 0.15) is 13.8 Å². The Hall–Kier alpha value is -0.610. The van der Waals surface area contributed by atoms with Crippen LogP contribution in [-0.2, 0) is 19.1 Å². The Balaban J connectivity index is 3.36. The molecule has 0 aliphatic heterocycles. The number of hydrogen-bond acceptors (Lipinski definition) is 6. The van der Waals surface area contributed by atoms with E-state index in [1.165, 1.54) is 0 Å². The molecule has 0 amide bonds. The van der Waals surface area contributed by atoms with Crippen LogP contribution in [0.2, 0.25) is 0 Å². The first kappa shape index (κ1) is 16.4. The second-order valence-corrected chi connectivity index (χ2v) is 4.58. The molecule has 0 aromatic heterocycles. The van der Waals surface area contributed by atoms with Gasteiger partial charge in [0.1, 0.15) is 6.54 Å². The lowest BCUT2D eigenvalue weighted by Crippen LogP contribution is -2.19. The van der Waals surface area contributed by atoms with Crippen molar-refractivity contribution in [3.8, 4) is 0 Å². The number of hydrogen-bond donors (Lipinski definition) is 2. The van der Waals surface area contributed by atoms with Crippen LogP contribution in [-0.4, -0.2) is 38.2 Å². The molecule has 7 nitrogen and oxygen atoms in total. The Morgan fingerprint density at radius 2 is 1.88 bits per heavy atom. The van der Waals surface area contributed by atoms with Crippen LogP contribution in [0.5, 0.6) is 0 Å².